The first-order valence-electron chi connectivity index (χ1n) is 9.77. The Morgan fingerprint density at radius 2 is 1.52 bits per heavy atom. The van der Waals surface area contributed by atoms with Gasteiger partial charge in [-0.2, -0.15) is 0 Å². The minimum Gasteiger partial charge on any atom is -0.324 e. The van der Waals surface area contributed by atoms with Crippen molar-refractivity contribution < 1.29 is 14.4 Å². The maximum atomic E-state index is 12.7. The van der Waals surface area contributed by atoms with Crippen LogP contribution in [-0.4, -0.2) is 33.6 Å². The van der Waals surface area contributed by atoms with Gasteiger partial charge in [0.15, 0.2) is 0 Å². The van der Waals surface area contributed by atoms with Crippen molar-refractivity contribution >= 4 is 45.0 Å². The van der Waals surface area contributed by atoms with E-state index < -0.39 is 23.8 Å². The van der Waals surface area contributed by atoms with Crippen LogP contribution in [0.25, 0.3) is 20.8 Å². The van der Waals surface area contributed by atoms with E-state index in [-0.39, 0.29) is 0 Å². The van der Waals surface area contributed by atoms with Gasteiger partial charge < -0.3 is 5.32 Å². The Balaban J connectivity index is 1.31. The molecule has 5 rings (SSSR count). The molecule has 6 nitrogen and oxygen atoms in total. The summed E-state index contributed by atoms with van der Waals surface area (Å²) in [4.78, 5) is 43.6. The number of para-hydroxylation sites is 1. The second-order valence-electron chi connectivity index (χ2n) is 7.26. The molecule has 152 valence electrons. The quantitative estimate of drug-likeness (QED) is 0.483. The molecule has 0 aliphatic carbocycles. The fourth-order valence-electron chi connectivity index (χ4n) is 3.62. The second kappa shape index (κ2) is 7.45. The van der Waals surface area contributed by atoms with Gasteiger partial charge in [0.1, 0.15) is 11.0 Å². The SMILES string of the molecule is CC(C(=O)Nc1ccc(-c2nc3ccccc3s2)cc1)N1C(=O)c2ccccc2C1=O. The van der Waals surface area contributed by atoms with Crippen molar-refractivity contribution in [3.8, 4) is 10.6 Å². The summed E-state index contributed by atoms with van der Waals surface area (Å²) in [6.45, 7) is 1.55. The predicted octanol–water partition coefficient (Wildman–Crippen LogP) is 4.59. The van der Waals surface area contributed by atoms with E-state index in [2.05, 4.69) is 10.3 Å². The normalized spacial score (nSPS) is 14.0. The minimum absolute atomic E-state index is 0.326. The van der Waals surface area contributed by atoms with Crippen molar-refractivity contribution in [3.63, 3.8) is 0 Å². The van der Waals surface area contributed by atoms with Crippen LogP contribution >= 0.6 is 11.3 Å². The van der Waals surface area contributed by atoms with Crippen LogP contribution in [0.3, 0.4) is 0 Å². The maximum absolute atomic E-state index is 12.7. The molecule has 1 aliphatic rings. The van der Waals surface area contributed by atoms with Crippen molar-refractivity contribution in [1.82, 2.24) is 9.88 Å². The fraction of sp³-hybridized carbons (Fsp3) is 0.0833. The number of thiazole rings is 1. The van der Waals surface area contributed by atoms with Crippen LogP contribution in [0.2, 0.25) is 0 Å². The van der Waals surface area contributed by atoms with Crippen molar-refractivity contribution in [2.45, 2.75) is 13.0 Å². The molecule has 1 aliphatic heterocycles. The van der Waals surface area contributed by atoms with Gasteiger partial charge in [-0.05, 0) is 55.5 Å². The van der Waals surface area contributed by atoms with Gasteiger partial charge in [-0.15, -0.1) is 11.3 Å². The third-order valence-electron chi connectivity index (χ3n) is 5.29. The molecule has 0 radical (unpaired) electrons. The Labute approximate surface area is 182 Å². The van der Waals surface area contributed by atoms with Gasteiger partial charge in [0.05, 0.1) is 21.3 Å². The summed E-state index contributed by atoms with van der Waals surface area (Å²) in [6.07, 6.45) is 0. The maximum Gasteiger partial charge on any atom is 0.262 e. The summed E-state index contributed by atoms with van der Waals surface area (Å²) >= 11 is 1.61. The third-order valence-corrected chi connectivity index (χ3v) is 6.37. The van der Waals surface area contributed by atoms with E-state index in [4.69, 9.17) is 0 Å². The lowest BCUT2D eigenvalue weighted by molar-refractivity contribution is -0.119. The number of aromatic nitrogens is 1. The van der Waals surface area contributed by atoms with E-state index in [9.17, 15) is 14.4 Å². The average molecular weight is 427 g/mol. The summed E-state index contributed by atoms with van der Waals surface area (Å²) in [5.74, 6) is -1.33. The van der Waals surface area contributed by atoms with Crippen LogP contribution in [0.4, 0.5) is 5.69 Å². The molecule has 7 heteroatoms. The number of benzene rings is 3. The Kier molecular flexibility index (Phi) is 4.60. The number of anilines is 1. The largest absolute Gasteiger partial charge is 0.324 e. The van der Waals surface area contributed by atoms with Gasteiger partial charge in [-0.3, -0.25) is 19.3 Å². The van der Waals surface area contributed by atoms with E-state index in [1.54, 1.807) is 54.7 Å². The lowest BCUT2D eigenvalue weighted by atomic mass is 10.1. The van der Waals surface area contributed by atoms with E-state index in [1.807, 2.05) is 36.4 Å². The Morgan fingerprint density at radius 3 is 2.16 bits per heavy atom. The lowest BCUT2D eigenvalue weighted by Gasteiger charge is -2.21. The van der Waals surface area contributed by atoms with E-state index >= 15 is 0 Å². The van der Waals surface area contributed by atoms with Crippen LogP contribution in [0, 0.1) is 0 Å². The number of imide groups is 1. The molecule has 4 aromatic rings. The number of carbonyl (C=O) groups excluding carboxylic acids is 3. The van der Waals surface area contributed by atoms with Crippen LogP contribution in [0.5, 0.6) is 0 Å². The number of hydrogen-bond donors (Lipinski definition) is 1. The molecular weight excluding hydrogens is 410 g/mol. The first-order chi connectivity index (χ1) is 15.0. The van der Waals surface area contributed by atoms with E-state index in [0.29, 0.717) is 16.8 Å². The number of fused-ring (bicyclic) bond motifs is 2. The molecule has 0 saturated heterocycles. The number of carbonyl (C=O) groups is 3. The molecule has 1 atom stereocenters. The average Bonchev–Trinajstić information content (AvgIpc) is 3.33. The van der Waals surface area contributed by atoms with Crippen molar-refractivity contribution in [3.05, 3.63) is 83.9 Å². The lowest BCUT2D eigenvalue weighted by Crippen LogP contribution is -2.45. The summed E-state index contributed by atoms with van der Waals surface area (Å²) in [5, 5.41) is 3.69. The predicted molar refractivity (Wildman–Crippen MR) is 120 cm³/mol. The zero-order valence-electron chi connectivity index (χ0n) is 16.5. The van der Waals surface area contributed by atoms with Crippen LogP contribution in [0.15, 0.2) is 72.8 Å². The number of rotatable bonds is 4. The Bertz CT molecular complexity index is 1280. The molecule has 31 heavy (non-hydrogen) atoms. The van der Waals surface area contributed by atoms with Crippen LogP contribution < -0.4 is 5.32 Å². The highest BCUT2D eigenvalue weighted by Crippen LogP contribution is 2.31. The van der Waals surface area contributed by atoms with Gasteiger partial charge in [-0.1, -0.05) is 24.3 Å². The van der Waals surface area contributed by atoms with Gasteiger partial charge >= 0.3 is 0 Å². The number of nitrogens with one attached hydrogen (secondary N) is 1. The third kappa shape index (κ3) is 3.29. The second-order valence-corrected chi connectivity index (χ2v) is 8.29. The zero-order valence-corrected chi connectivity index (χ0v) is 17.3. The Morgan fingerprint density at radius 1 is 0.903 bits per heavy atom. The smallest absolute Gasteiger partial charge is 0.262 e. The molecule has 3 amide bonds. The van der Waals surface area contributed by atoms with Crippen molar-refractivity contribution in [2.24, 2.45) is 0 Å². The number of amides is 3. The monoisotopic (exact) mass is 427 g/mol. The summed E-state index contributed by atoms with van der Waals surface area (Å²) in [5.41, 5.74) is 3.14. The highest BCUT2D eigenvalue weighted by molar-refractivity contribution is 7.21. The van der Waals surface area contributed by atoms with Crippen LogP contribution in [-0.2, 0) is 4.79 Å². The molecule has 1 aromatic heterocycles. The highest BCUT2D eigenvalue weighted by atomic mass is 32.1. The first-order valence-corrected chi connectivity index (χ1v) is 10.6. The molecular formula is C24H17N3O3S. The molecule has 1 unspecified atom stereocenters. The number of hydrogen-bond acceptors (Lipinski definition) is 5. The van der Waals surface area contributed by atoms with Crippen molar-refractivity contribution in [1.29, 1.82) is 0 Å². The summed E-state index contributed by atoms with van der Waals surface area (Å²) in [7, 11) is 0. The minimum atomic E-state index is -0.934. The fourth-order valence-corrected chi connectivity index (χ4v) is 4.59. The highest BCUT2D eigenvalue weighted by Gasteiger charge is 2.40. The van der Waals surface area contributed by atoms with Crippen LogP contribution in [0.1, 0.15) is 27.6 Å². The summed E-state index contributed by atoms with van der Waals surface area (Å²) < 4.78 is 1.12. The summed E-state index contributed by atoms with van der Waals surface area (Å²) in [6, 6.07) is 21.0. The topological polar surface area (TPSA) is 79.4 Å². The molecule has 3 aromatic carbocycles. The zero-order chi connectivity index (χ0) is 21.5. The standard InChI is InChI=1S/C24H17N3O3S/c1-14(27-23(29)17-6-2-3-7-18(17)24(27)30)21(28)25-16-12-10-15(11-13-16)22-26-19-8-4-5-9-20(19)31-22/h2-14H,1H3,(H,25,28). The molecule has 0 bridgehead atoms. The number of nitrogens with zero attached hydrogens (tertiary/aromatic N) is 2. The Hall–Kier alpha value is -3.84. The first kappa shape index (κ1) is 19.1. The van der Waals surface area contributed by atoms with Crippen molar-refractivity contribution in [2.75, 3.05) is 5.32 Å². The van der Waals surface area contributed by atoms with Gasteiger partial charge in [0, 0.05) is 11.3 Å². The van der Waals surface area contributed by atoms with Gasteiger partial charge in [0.2, 0.25) is 5.91 Å². The van der Waals surface area contributed by atoms with E-state index in [0.717, 1.165) is 25.7 Å². The molecule has 0 saturated carbocycles. The molecule has 1 N–H and O–H groups in total. The molecule has 0 spiro atoms. The molecule has 0 fully saturated rings. The van der Waals surface area contributed by atoms with Gasteiger partial charge in [0.25, 0.3) is 11.8 Å². The molecule has 2 heterocycles. The van der Waals surface area contributed by atoms with E-state index in [1.165, 1.54) is 0 Å². The van der Waals surface area contributed by atoms with Gasteiger partial charge in [-0.25, -0.2) is 4.98 Å².